The average Bonchev–Trinajstić information content (AvgIpc) is 3.09. The Labute approximate surface area is 194 Å². The number of carbonyl (C=O) groups is 2. The molecule has 2 amide bonds. The molecule has 7 nitrogen and oxygen atoms in total. The molecule has 1 saturated carbocycles. The molecule has 33 heavy (non-hydrogen) atoms. The molecule has 3 heterocycles. The lowest BCUT2D eigenvalue weighted by molar-refractivity contribution is -0.143. The highest BCUT2D eigenvalue weighted by Crippen LogP contribution is 2.48. The van der Waals surface area contributed by atoms with E-state index < -0.39 is 6.04 Å². The Balaban J connectivity index is 1.29. The predicted molar refractivity (Wildman–Crippen MR) is 120 cm³/mol. The van der Waals surface area contributed by atoms with Gasteiger partial charge in [0, 0.05) is 25.2 Å². The van der Waals surface area contributed by atoms with Crippen LogP contribution in [-0.2, 0) is 9.59 Å². The highest BCUT2D eigenvalue weighted by Gasteiger charge is 2.56. The van der Waals surface area contributed by atoms with Crippen LogP contribution in [0.2, 0.25) is 0 Å². The molecular formula is C25H32FN5O2. The van der Waals surface area contributed by atoms with Gasteiger partial charge in [0.1, 0.15) is 11.9 Å². The summed E-state index contributed by atoms with van der Waals surface area (Å²) in [5.74, 6) is 0.0372. The maximum absolute atomic E-state index is 13.5. The van der Waals surface area contributed by atoms with E-state index in [1.54, 1.807) is 17.0 Å². The standard InChI is InChI=1S/C25H32FN5O2/c1-25(2,3)22(14-4-6-16(26)7-5-14)31-18-10-21(24(31)33)29(12-18)13-19(28)23(32)30-17(11-27)8-15-9-20(15)30/h4-7,15,17-22H,8-10,12-13,28H2,1-3H3/t15?,17-,18+,19-,20-,21+,22+/m0/s1. The number of piperazine rings is 1. The maximum Gasteiger partial charge on any atom is 0.242 e. The Kier molecular flexibility index (Phi) is 5.26. The molecule has 0 aromatic heterocycles. The summed E-state index contributed by atoms with van der Waals surface area (Å²) in [6, 6.07) is 7.30. The van der Waals surface area contributed by atoms with Crippen LogP contribution in [0.25, 0.3) is 0 Å². The van der Waals surface area contributed by atoms with Crippen molar-refractivity contribution in [2.45, 2.75) is 76.3 Å². The lowest BCUT2D eigenvalue weighted by Gasteiger charge is -2.45. The van der Waals surface area contributed by atoms with E-state index in [0.29, 0.717) is 25.4 Å². The van der Waals surface area contributed by atoms with Crippen LogP contribution in [0.15, 0.2) is 24.3 Å². The molecule has 0 spiro atoms. The van der Waals surface area contributed by atoms with Gasteiger partial charge in [0.2, 0.25) is 11.8 Å². The number of halogens is 1. The van der Waals surface area contributed by atoms with Crippen molar-refractivity contribution in [2.75, 3.05) is 13.1 Å². The third-order valence-corrected chi connectivity index (χ3v) is 7.85. The van der Waals surface area contributed by atoms with E-state index >= 15 is 0 Å². The van der Waals surface area contributed by atoms with Crippen LogP contribution in [0.5, 0.6) is 0 Å². The van der Waals surface area contributed by atoms with E-state index in [9.17, 15) is 19.2 Å². The number of nitriles is 1. The van der Waals surface area contributed by atoms with Gasteiger partial charge in [-0.05, 0) is 48.3 Å². The summed E-state index contributed by atoms with van der Waals surface area (Å²) >= 11 is 0. The van der Waals surface area contributed by atoms with Gasteiger partial charge in [0.15, 0.2) is 0 Å². The normalized spacial score (nSPS) is 32.6. The van der Waals surface area contributed by atoms with Gasteiger partial charge < -0.3 is 15.5 Å². The number of likely N-dealkylation sites (tertiary alicyclic amines) is 3. The molecule has 2 bridgehead atoms. The Hall–Kier alpha value is -2.50. The topological polar surface area (TPSA) is 93.7 Å². The Morgan fingerprint density at radius 2 is 1.94 bits per heavy atom. The zero-order valence-corrected chi connectivity index (χ0v) is 19.4. The van der Waals surface area contributed by atoms with E-state index in [4.69, 9.17) is 5.73 Å². The fourth-order valence-corrected chi connectivity index (χ4v) is 6.36. The van der Waals surface area contributed by atoms with Gasteiger partial charge in [-0.15, -0.1) is 0 Å². The number of carbonyl (C=O) groups excluding carboxylic acids is 2. The number of hydrogen-bond acceptors (Lipinski definition) is 5. The van der Waals surface area contributed by atoms with Gasteiger partial charge in [-0.25, -0.2) is 4.39 Å². The van der Waals surface area contributed by atoms with Crippen molar-refractivity contribution >= 4 is 11.8 Å². The number of nitrogens with zero attached hydrogens (tertiary/aromatic N) is 4. The van der Waals surface area contributed by atoms with Crippen molar-refractivity contribution in [2.24, 2.45) is 17.1 Å². The van der Waals surface area contributed by atoms with Crippen molar-refractivity contribution in [1.82, 2.24) is 14.7 Å². The van der Waals surface area contributed by atoms with Crippen LogP contribution >= 0.6 is 0 Å². The molecule has 2 N–H and O–H groups in total. The lowest BCUT2D eigenvalue weighted by Crippen LogP contribution is -2.58. The summed E-state index contributed by atoms with van der Waals surface area (Å²) in [5.41, 5.74) is 7.02. The van der Waals surface area contributed by atoms with Crippen LogP contribution in [0, 0.1) is 28.5 Å². The summed E-state index contributed by atoms with van der Waals surface area (Å²) < 4.78 is 13.5. The molecule has 1 aromatic rings. The Morgan fingerprint density at radius 1 is 1.24 bits per heavy atom. The fraction of sp³-hybridized carbons (Fsp3) is 0.640. The maximum atomic E-state index is 13.5. The first kappa shape index (κ1) is 22.3. The minimum absolute atomic E-state index is 0.0329. The van der Waals surface area contributed by atoms with E-state index in [1.807, 2.05) is 9.80 Å². The average molecular weight is 454 g/mol. The SMILES string of the molecule is CC(C)(C)[C@@H](c1ccc(F)cc1)N1C(=O)[C@H]2C[C@@H]1CN2C[C@H](N)C(=O)N1[C@H](C#N)CC2C[C@@H]21. The van der Waals surface area contributed by atoms with E-state index in [-0.39, 0.29) is 53.3 Å². The van der Waals surface area contributed by atoms with Gasteiger partial charge in [0.05, 0.1) is 24.2 Å². The summed E-state index contributed by atoms with van der Waals surface area (Å²) in [4.78, 5) is 32.3. The summed E-state index contributed by atoms with van der Waals surface area (Å²) in [6.45, 7) is 7.28. The van der Waals surface area contributed by atoms with Crippen LogP contribution < -0.4 is 5.73 Å². The van der Waals surface area contributed by atoms with Crippen LogP contribution in [0.1, 0.15) is 51.6 Å². The number of benzene rings is 1. The number of fused-ring (bicyclic) bond motifs is 3. The predicted octanol–water partition coefficient (Wildman–Crippen LogP) is 2.04. The molecule has 176 valence electrons. The van der Waals surface area contributed by atoms with Crippen molar-refractivity contribution < 1.29 is 14.0 Å². The number of hydrogen-bond donors (Lipinski definition) is 1. The van der Waals surface area contributed by atoms with Gasteiger partial charge in [-0.2, -0.15) is 5.26 Å². The second-order valence-electron chi connectivity index (χ2n) is 11.2. The monoisotopic (exact) mass is 453 g/mol. The molecule has 1 aromatic carbocycles. The summed E-state index contributed by atoms with van der Waals surface area (Å²) in [7, 11) is 0. The molecule has 5 rings (SSSR count). The van der Waals surface area contributed by atoms with Crippen molar-refractivity contribution in [3.8, 4) is 6.07 Å². The first-order valence-corrected chi connectivity index (χ1v) is 11.9. The zero-order valence-electron chi connectivity index (χ0n) is 19.4. The third kappa shape index (κ3) is 3.71. The first-order valence-electron chi connectivity index (χ1n) is 11.9. The largest absolute Gasteiger partial charge is 0.329 e. The van der Waals surface area contributed by atoms with Crippen LogP contribution in [-0.4, -0.2) is 69.8 Å². The molecule has 3 aliphatic heterocycles. The molecule has 3 saturated heterocycles. The van der Waals surface area contributed by atoms with Crippen molar-refractivity contribution in [3.63, 3.8) is 0 Å². The van der Waals surface area contributed by atoms with Crippen molar-refractivity contribution in [3.05, 3.63) is 35.6 Å². The minimum Gasteiger partial charge on any atom is -0.329 e. The van der Waals surface area contributed by atoms with Crippen molar-refractivity contribution in [1.29, 1.82) is 5.26 Å². The smallest absolute Gasteiger partial charge is 0.242 e. The number of amides is 2. The van der Waals surface area contributed by atoms with Gasteiger partial charge in [-0.1, -0.05) is 32.9 Å². The highest BCUT2D eigenvalue weighted by atomic mass is 19.1. The van der Waals surface area contributed by atoms with E-state index in [0.717, 1.165) is 18.4 Å². The quantitative estimate of drug-likeness (QED) is 0.736. The van der Waals surface area contributed by atoms with Crippen LogP contribution in [0.4, 0.5) is 4.39 Å². The van der Waals surface area contributed by atoms with Gasteiger partial charge in [-0.3, -0.25) is 14.5 Å². The number of nitrogens with two attached hydrogens (primary N) is 1. The van der Waals surface area contributed by atoms with Gasteiger partial charge in [0.25, 0.3) is 0 Å². The molecule has 1 aliphatic carbocycles. The Bertz CT molecular complexity index is 1000. The molecule has 7 atom stereocenters. The molecule has 8 heteroatoms. The second kappa shape index (κ2) is 7.78. The number of piperidine rings is 1. The summed E-state index contributed by atoms with van der Waals surface area (Å²) in [6.07, 6.45) is 2.43. The second-order valence-corrected chi connectivity index (χ2v) is 11.2. The van der Waals surface area contributed by atoms with E-state index in [1.165, 1.54) is 12.1 Å². The minimum atomic E-state index is -0.740. The van der Waals surface area contributed by atoms with E-state index in [2.05, 4.69) is 26.8 Å². The molecule has 4 aliphatic rings. The Morgan fingerprint density at radius 3 is 2.55 bits per heavy atom. The molecule has 1 unspecified atom stereocenters. The lowest BCUT2D eigenvalue weighted by atomic mass is 9.80. The summed E-state index contributed by atoms with van der Waals surface area (Å²) in [5, 5.41) is 9.40. The van der Waals surface area contributed by atoms with Gasteiger partial charge >= 0.3 is 0 Å². The zero-order chi connectivity index (χ0) is 23.7. The molecule has 0 radical (unpaired) electrons. The van der Waals surface area contributed by atoms with Crippen LogP contribution in [0.3, 0.4) is 0 Å². The number of rotatable bonds is 5. The highest BCUT2D eigenvalue weighted by molar-refractivity contribution is 5.87. The third-order valence-electron chi connectivity index (χ3n) is 7.85. The molecule has 4 fully saturated rings. The first-order chi connectivity index (χ1) is 15.6. The fourth-order valence-electron chi connectivity index (χ4n) is 6.36. The molecular weight excluding hydrogens is 421 g/mol.